The molecule has 0 heterocycles. The Hall–Kier alpha value is -0.450. The molecular weight excluding hydrogens is 332 g/mol. The molecule has 0 unspecified atom stereocenters. The van der Waals surface area contributed by atoms with Gasteiger partial charge in [0, 0.05) is 5.88 Å². The van der Waals surface area contributed by atoms with Crippen LogP contribution < -0.4 is 9.47 Å². The molecule has 1 aromatic rings. The molecule has 0 aromatic heterocycles. The van der Waals surface area contributed by atoms with Crippen molar-refractivity contribution < 1.29 is 14.2 Å². The highest BCUT2D eigenvalue weighted by Crippen LogP contribution is 2.37. The van der Waals surface area contributed by atoms with Gasteiger partial charge in [-0.15, -0.1) is 11.6 Å². The van der Waals surface area contributed by atoms with Crippen molar-refractivity contribution in [1.82, 2.24) is 0 Å². The molecule has 1 aromatic carbocycles. The second kappa shape index (κ2) is 7.36. The Morgan fingerprint density at radius 2 is 1.89 bits per heavy atom. The van der Waals surface area contributed by atoms with E-state index in [4.69, 9.17) is 25.8 Å². The fourth-order valence-electron chi connectivity index (χ4n) is 1.48. The van der Waals surface area contributed by atoms with E-state index in [2.05, 4.69) is 15.9 Å². The molecule has 0 saturated carbocycles. The maximum absolute atomic E-state index is 5.82. The first kappa shape index (κ1) is 16.6. The van der Waals surface area contributed by atoms with Crippen LogP contribution in [0, 0.1) is 0 Å². The molecule has 0 radical (unpaired) electrons. The number of hydrogen-bond acceptors (Lipinski definition) is 3. The van der Waals surface area contributed by atoms with Crippen LogP contribution in [0.25, 0.3) is 0 Å². The summed E-state index contributed by atoms with van der Waals surface area (Å²) in [4.78, 5) is 0. The highest BCUT2D eigenvalue weighted by molar-refractivity contribution is 9.10. The molecule has 0 aliphatic rings. The first-order valence-corrected chi connectivity index (χ1v) is 7.39. The molecule has 0 aliphatic carbocycles. The van der Waals surface area contributed by atoms with Gasteiger partial charge in [-0.3, -0.25) is 0 Å². The van der Waals surface area contributed by atoms with Gasteiger partial charge in [-0.2, -0.15) is 0 Å². The normalized spacial score (nSPS) is 11.5. The van der Waals surface area contributed by atoms with Crippen LogP contribution in [0.1, 0.15) is 26.3 Å². The van der Waals surface area contributed by atoms with Crippen LogP contribution in [0.2, 0.25) is 0 Å². The lowest BCUT2D eigenvalue weighted by Gasteiger charge is -2.20. The summed E-state index contributed by atoms with van der Waals surface area (Å²) in [7, 11) is 1.61. The third-order valence-electron chi connectivity index (χ3n) is 2.31. The van der Waals surface area contributed by atoms with E-state index in [1.807, 2.05) is 32.9 Å². The van der Waals surface area contributed by atoms with E-state index < -0.39 is 0 Å². The number of halogens is 2. The maximum atomic E-state index is 5.82. The molecule has 0 N–H and O–H groups in total. The van der Waals surface area contributed by atoms with Crippen molar-refractivity contribution in [3.63, 3.8) is 0 Å². The number of ether oxygens (including phenoxy) is 3. The largest absolute Gasteiger partial charge is 0.493 e. The quantitative estimate of drug-likeness (QED) is 0.562. The van der Waals surface area contributed by atoms with Crippen molar-refractivity contribution in [3.8, 4) is 11.5 Å². The molecule has 0 amide bonds. The molecule has 108 valence electrons. The second-order valence-electron chi connectivity index (χ2n) is 5.05. The van der Waals surface area contributed by atoms with E-state index in [1.165, 1.54) is 0 Å². The molecule has 0 aliphatic heterocycles. The Balaban J connectivity index is 2.67. The van der Waals surface area contributed by atoms with Gasteiger partial charge in [0.2, 0.25) is 0 Å². The Kier molecular flexibility index (Phi) is 6.43. The van der Waals surface area contributed by atoms with E-state index in [9.17, 15) is 0 Å². The Morgan fingerprint density at radius 1 is 1.21 bits per heavy atom. The summed E-state index contributed by atoms with van der Waals surface area (Å²) < 4.78 is 17.5. The van der Waals surface area contributed by atoms with Crippen molar-refractivity contribution in [1.29, 1.82) is 0 Å². The summed E-state index contributed by atoms with van der Waals surface area (Å²) in [6, 6.07) is 3.80. The molecule has 5 heteroatoms. The number of benzene rings is 1. The molecule has 0 fully saturated rings. The predicted molar refractivity (Wildman–Crippen MR) is 81.5 cm³/mol. The third-order valence-corrected chi connectivity index (χ3v) is 3.21. The lowest BCUT2D eigenvalue weighted by atomic mass is 10.2. The van der Waals surface area contributed by atoms with Crippen LogP contribution in [0.5, 0.6) is 11.5 Å². The second-order valence-corrected chi connectivity index (χ2v) is 6.17. The number of rotatable bonds is 6. The molecule has 19 heavy (non-hydrogen) atoms. The average molecular weight is 352 g/mol. The van der Waals surface area contributed by atoms with Gasteiger partial charge in [0.05, 0.1) is 23.8 Å². The van der Waals surface area contributed by atoms with E-state index in [0.717, 1.165) is 10.0 Å². The number of alkyl halides is 1. The highest BCUT2D eigenvalue weighted by atomic mass is 79.9. The Labute approximate surface area is 128 Å². The van der Waals surface area contributed by atoms with Gasteiger partial charge in [-0.25, -0.2) is 0 Å². The smallest absolute Gasteiger partial charge is 0.175 e. The Bertz CT molecular complexity index is 416. The van der Waals surface area contributed by atoms with Crippen LogP contribution in [0.4, 0.5) is 0 Å². The molecule has 1 rings (SSSR count). The highest BCUT2D eigenvalue weighted by Gasteiger charge is 2.13. The number of methoxy groups -OCH3 is 1. The lowest BCUT2D eigenvalue weighted by Crippen LogP contribution is -2.22. The lowest BCUT2D eigenvalue weighted by molar-refractivity contribution is -0.0166. The Morgan fingerprint density at radius 3 is 2.42 bits per heavy atom. The van der Waals surface area contributed by atoms with Crippen LogP contribution in [-0.2, 0) is 10.6 Å². The van der Waals surface area contributed by atoms with Crippen molar-refractivity contribution in [2.24, 2.45) is 0 Å². The molecule has 0 atom stereocenters. The molecule has 0 spiro atoms. The molecule has 3 nitrogen and oxygen atoms in total. The maximum Gasteiger partial charge on any atom is 0.175 e. The summed E-state index contributed by atoms with van der Waals surface area (Å²) in [5.74, 6) is 1.78. The van der Waals surface area contributed by atoms with E-state index in [-0.39, 0.29) is 5.60 Å². The van der Waals surface area contributed by atoms with E-state index >= 15 is 0 Å². The fourth-order valence-corrected chi connectivity index (χ4v) is 2.24. The van der Waals surface area contributed by atoms with E-state index in [0.29, 0.717) is 30.6 Å². The van der Waals surface area contributed by atoms with Crippen molar-refractivity contribution in [2.75, 3.05) is 20.3 Å². The monoisotopic (exact) mass is 350 g/mol. The first-order chi connectivity index (χ1) is 8.87. The van der Waals surface area contributed by atoms with Gasteiger partial charge in [-0.05, 0) is 54.4 Å². The SMILES string of the molecule is COc1cc(CCl)cc(Br)c1OCCOC(C)(C)C. The molecular formula is C14H20BrClO3. The summed E-state index contributed by atoms with van der Waals surface area (Å²) in [5, 5.41) is 0. The van der Waals surface area contributed by atoms with Gasteiger partial charge in [0.25, 0.3) is 0 Å². The minimum atomic E-state index is -0.160. The third kappa shape index (κ3) is 5.59. The summed E-state index contributed by atoms with van der Waals surface area (Å²) in [5.41, 5.74) is 0.816. The minimum absolute atomic E-state index is 0.160. The van der Waals surface area contributed by atoms with Gasteiger partial charge in [0.15, 0.2) is 11.5 Å². The van der Waals surface area contributed by atoms with Crippen LogP contribution in [-0.4, -0.2) is 25.9 Å². The van der Waals surface area contributed by atoms with Crippen molar-refractivity contribution >= 4 is 27.5 Å². The average Bonchev–Trinajstić information content (AvgIpc) is 2.34. The van der Waals surface area contributed by atoms with Gasteiger partial charge >= 0.3 is 0 Å². The minimum Gasteiger partial charge on any atom is -0.493 e. The fraction of sp³-hybridized carbons (Fsp3) is 0.571. The van der Waals surface area contributed by atoms with Crippen LogP contribution in [0.15, 0.2) is 16.6 Å². The van der Waals surface area contributed by atoms with Gasteiger partial charge < -0.3 is 14.2 Å². The van der Waals surface area contributed by atoms with E-state index in [1.54, 1.807) is 7.11 Å². The van der Waals surface area contributed by atoms with Gasteiger partial charge in [-0.1, -0.05) is 0 Å². The van der Waals surface area contributed by atoms with Crippen LogP contribution in [0.3, 0.4) is 0 Å². The summed E-state index contributed by atoms with van der Waals surface area (Å²) >= 11 is 9.29. The summed E-state index contributed by atoms with van der Waals surface area (Å²) in [6.07, 6.45) is 0. The van der Waals surface area contributed by atoms with Gasteiger partial charge in [0.1, 0.15) is 6.61 Å². The van der Waals surface area contributed by atoms with Crippen molar-refractivity contribution in [2.45, 2.75) is 32.3 Å². The zero-order valence-corrected chi connectivity index (χ0v) is 14.1. The molecule has 0 bridgehead atoms. The van der Waals surface area contributed by atoms with Crippen molar-refractivity contribution in [3.05, 3.63) is 22.2 Å². The standard InChI is InChI=1S/C14H20BrClO3/c1-14(2,3)19-6-5-18-13-11(15)7-10(9-16)8-12(13)17-4/h7-8H,5-6,9H2,1-4H3. The molecule has 0 saturated heterocycles. The summed E-state index contributed by atoms with van der Waals surface area (Å²) in [6.45, 7) is 7.03. The topological polar surface area (TPSA) is 27.7 Å². The van der Waals surface area contributed by atoms with Crippen LogP contribution >= 0.6 is 27.5 Å². The zero-order valence-electron chi connectivity index (χ0n) is 11.8. The first-order valence-electron chi connectivity index (χ1n) is 6.06. The predicted octanol–water partition coefficient (Wildman–Crippen LogP) is 4.39. The number of hydrogen-bond donors (Lipinski definition) is 0. The zero-order chi connectivity index (χ0) is 14.5.